The number of hydrogen-bond donors (Lipinski definition) is 0. The maximum atomic E-state index is 13.2. The predicted octanol–water partition coefficient (Wildman–Crippen LogP) is 2.39. The first-order valence-electron chi connectivity index (χ1n) is 9.10. The van der Waals surface area contributed by atoms with Gasteiger partial charge in [0.05, 0.1) is 30.8 Å². The molecule has 3 aromatic heterocycles. The molecule has 0 amide bonds. The van der Waals surface area contributed by atoms with Gasteiger partial charge in [0, 0.05) is 56.1 Å². The number of aryl methyl sites for hydroxylation is 1. The van der Waals surface area contributed by atoms with Gasteiger partial charge in [0.15, 0.2) is 11.5 Å². The van der Waals surface area contributed by atoms with E-state index >= 15 is 0 Å². The average molecular weight is 374 g/mol. The van der Waals surface area contributed by atoms with E-state index in [0.717, 1.165) is 41.5 Å². The second kappa shape index (κ2) is 5.98. The maximum Gasteiger partial charge on any atom is 0.253 e. The highest BCUT2D eigenvalue weighted by Crippen LogP contribution is 2.49. The Morgan fingerprint density at radius 1 is 1.30 bits per heavy atom. The van der Waals surface area contributed by atoms with Crippen molar-refractivity contribution >= 4 is 11.5 Å². The topological polar surface area (TPSA) is 60.5 Å². The van der Waals surface area contributed by atoms with Gasteiger partial charge in [-0.2, -0.15) is 5.10 Å². The molecule has 1 aliphatic heterocycles. The Balaban J connectivity index is 1.50. The van der Waals surface area contributed by atoms with Crippen LogP contribution in [0.4, 0.5) is 14.6 Å². The summed E-state index contributed by atoms with van der Waals surface area (Å²) in [6, 6.07) is 0. The first-order valence-corrected chi connectivity index (χ1v) is 9.10. The number of imidazole rings is 1. The van der Waals surface area contributed by atoms with Crippen molar-refractivity contribution in [2.45, 2.75) is 25.8 Å². The molecule has 9 heteroatoms. The van der Waals surface area contributed by atoms with Gasteiger partial charge in [-0.3, -0.25) is 9.08 Å². The predicted molar refractivity (Wildman–Crippen MR) is 95.0 cm³/mol. The minimum atomic E-state index is -2.54. The molecule has 5 rings (SSSR count). The van der Waals surface area contributed by atoms with Gasteiger partial charge >= 0.3 is 0 Å². The van der Waals surface area contributed by atoms with E-state index in [1.54, 1.807) is 17.1 Å². The third-order valence-corrected chi connectivity index (χ3v) is 5.28. The Hall–Kier alpha value is -2.55. The van der Waals surface area contributed by atoms with E-state index in [9.17, 15) is 8.78 Å². The summed E-state index contributed by atoms with van der Waals surface area (Å²) in [6.07, 6.45) is 7.12. The van der Waals surface area contributed by atoms with Crippen LogP contribution in [0.2, 0.25) is 0 Å². The quantitative estimate of drug-likeness (QED) is 0.702. The fraction of sp³-hybridized carbons (Fsp3) is 0.500. The van der Waals surface area contributed by atoms with Crippen molar-refractivity contribution in [3.05, 3.63) is 30.5 Å². The summed E-state index contributed by atoms with van der Waals surface area (Å²) < 4.78 is 35.4. The van der Waals surface area contributed by atoms with Gasteiger partial charge in [0.2, 0.25) is 0 Å². The molecule has 0 aromatic carbocycles. The highest BCUT2D eigenvalue weighted by molar-refractivity contribution is 5.73. The van der Waals surface area contributed by atoms with Crippen LogP contribution in [0.25, 0.3) is 16.9 Å². The lowest BCUT2D eigenvalue weighted by atomic mass is 10.2. The molecule has 4 heterocycles. The SMILES string of the molecule is Cc1nc2c(N3CCOCC3)nccn2c1-c1cnn(CC2CC2(F)F)c1. The zero-order valence-corrected chi connectivity index (χ0v) is 15.0. The normalized spacial score (nSPS) is 21.7. The number of fused-ring (bicyclic) bond motifs is 1. The standard InChI is InChI=1S/C18H20F2N6O/c1-12-15(13-9-22-25(10-13)11-14-8-18(14,19)20)26-3-2-21-16(17(26)23-12)24-4-6-27-7-5-24/h2-3,9-10,14H,4-8,11H2,1H3. The molecule has 1 atom stereocenters. The molecule has 0 bridgehead atoms. The molecule has 3 aromatic rings. The van der Waals surface area contributed by atoms with E-state index in [2.05, 4.69) is 15.0 Å². The van der Waals surface area contributed by atoms with E-state index in [1.165, 1.54) is 0 Å². The van der Waals surface area contributed by atoms with Crippen molar-refractivity contribution in [2.24, 2.45) is 5.92 Å². The highest BCUT2D eigenvalue weighted by Gasteiger charge is 2.56. The number of halogens is 2. The Morgan fingerprint density at radius 3 is 2.81 bits per heavy atom. The van der Waals surface area contributed by atoms with Gasteiger partial charge in [-0.1, -0.05) is 0 Å². The van der Waals surface area contributed by atoms with Crippen LogP contribution in [0.5, 0.6) is 0 Å². The Labute approximate surface area is 154 Å². The minimum Gasteiger partial charge on any atom is -0.378 e. The van der Waals surface area contributed by atoms with Crippen LogP contribution >= 0.6 is 0 Å². The zero-order valence-electron chi connectivity index (χ0n) is 15.0. The van der Waals surface area contributed by atoms with Crippen LogP contribution in [-0.2, 0) is 11.3 Å². The molecule has 0 radical (unpaired) electrons. The van der Waals surface area contributed by atoms with Crippen molar-refractivity contribution in [2.75, 3.05) is 31.2 Å². The number of aromatic nitrogens is 5. The Morgan fingerprint density at radius 2 is 2.07 bits per heavy atom. The molecular weight excluding hydrogens is 354 g/mol. The lowest BCUT2D eigenvalue weighted by Gasteiger charge is -2.27. The highest BCUT2D eigenvalue weighted by atomic mass is 19.3. The molecule has 0 spiro atoms. The van der Waals surface area contributed by atoms with Crippen molar-refractivity contribution < 1.29 is 13.5 Å². The molecule has 1 saturated heterocycles. The number of ether oxygens (including phenoxy) is 1. The van der Waals surface area contributed by atoms with E-state index in [-0.39, 0.29) is 13.0 Å². The molecule has 142 valence electrons. The van der Waals surface area contributed by atoms with E-state index in [1.807, 2.05) is 23.7 Å². The summed E-state index contributed by atoms with van der Waals surface area (Å²) in [5, 5.41) is 4.28. The Bertz CT molecular complexity index is 991. The smallest absolute Gasteiger partial charge is 0.253 e. The zero-order chi connectivity index (χ0) is 18.6. The summed E-state index contributed by atoms with van der Waals surface area (Å²) in [4.78, 5) is 11.4. The molecule has 1 saturated carbocycles. The van der Waals surface area contributed by atoms with Gasteiger partial charge < -0.3 is 9.64 Å². The third kappa shape index (κ3) is 2.86. The van der Waals surface area contributed by atoms with E-state index in [4.69, 9.17) is 9.72 Å². The summed E-state index contributed by atoms with van der Waals surface area (Å²) in [6.45, 7) is 5.09. The van der Waals surface area contributed by atoms with Crippen molar-refractivity contribution in [1.29, 1.82) is 0 Å². The van der Waals surface area contributed by atoms with Gasteiger partial charge in [0.1, 0.15) is 0 Å². The van der Waals surface area contributed by atoms with Crippen LogP contribution in [-0.4, -0.2) is 56.4 Å². The van der Waals surface area contributed by atoms with Gasteiger partial charge in [0.25, 0.3) is 5.92 Å². The van der Waals surface area contributed by atoms with Gasteiger partial charge in [-0.15, -0.1) is 0 Å². The second-order valence-electron chi connectivity index (χ2n) is 7.20. The van der Waals surface area contributed by atoms with Crippen molar-refractivity contribution in [3.63, 3.8) is 0 Å². The Kier molecular flexibility index (Phi) is 3.68. The molecule has 27 heavy (non-hydrogen) atoms. The molecule has 7 nitrogen and oxygen atoms in total. The van der Waals surface area contributed by atoms with Crippen molar-refractivity contribution in [1.82, 2.24) is 24.1 Å². The van der Waals surface area contributed by atoms with Crippen LogP contribution in [0.15, 0.2) is 24.8 Å². The number of morpholine rings is 1. The molecule has 2 fully saturated rings. The first kappa shape index (κ1) is 16.6. The summed E-state index contributed by atoms with van der Waals surface area (Å²) in [7, 11) is 0. The number of alkyl halides is 2. The van der Waals surface area contributed by atoms with Crippen LogP contribution in [0, 0.1) is 12.8 Å². The van der Waals surface area contributed by atoms with E-state index < -0.39 is 11.8 Å². The number of nitrogens with zero attached hydrogens (tertiary/aromatic N) is 6. The summed E-state index contributed by atoms with van der Waals surface area (Å²) in [5.74, 6) is -2.31. The van der Waals surface area contributed by atoms with E-state index in [0.29, 0.717) is 13.2 Å². The summed E-state index contributed by atoms with van der Waals surface area (Å²) in [5.41, 5.74) is 3.42. The molecule has 0 N–H and O–H groups in total. The van der Waals surface area contributed by atoms with Crippen LogP contribution < -0.4 is 4.90 Å². The lowest BCUT2D eigenvalue weighted by molar-refractivity contribution is 0.0942. The molecule has 1 unspecified atom stereocenters. The molecule has 2 aliphatic rings. The minimum absolute atomic E-state index is 0.0502. The van der Waals surface area contributed by atoms with Gasteiger partial charge in [-0.25, -0.2) is 18.7 Å². The van der Waals surface area contributed by atoms with Crippen LogP contribution in [0.3, 0.4) is 0 Å². The summed E-state index contributed by atoms with van der Waals surface area (Å²) >= 11 is 0. The molecule has 1 aliphatic carbocycles. The number of hydrogen-bond acceptors (Lipinski definition) is 5. The van der Waals surface area contributed by atoms with Crippen LogP contribution in [0.1, 0.15) is 12.1 Å². The number of rotatable bonds is 4. The molecular formula is C18H20F2N6O. The monoisotopic (exact) mass is 374 g/mol. The number of anilines is 1. The van der Waals surface area contributed by atoms with Crippen molar-refractivity contribution in [3.8, 4) is 11.3 Å². The average Bonchev–Trinajstić information content (AvgIpc) is 3.00. The fourth-order valence-corrected chi connectivity index (χ4v) is 3.70. The first-order chi connectivity index (χ1) is 13.0. The largest absolute Gasteiger partial charge is 0.378 e. The van der Waals surface area contributed by atoms with Gasteiger partial charge in [-0.05, 0) is 6.92 Å². The lowest BCUT2D eigenvalue weighted by Crippen LogP contribution is -2.37. The second-order valence-corrected chi connectivity index (χ2v) is 7.20. The fourth-order valence-electron chi connectivity index (χ4n) is 3.70. The third-order valence-electron chi connectivity index (χ3n) is 5.28. The maximum absolute atomic E-state index is 13.2.